The fourth-order valence-corrected chi connectivity index (χ4v) is 6.61. The highest BCUT2D eigenvalue weighted by atomic mass is 32.2. The van der Waals surface area contributed by atoms with Gasteiger partial charge in [0.1, 0.15) is 15.8 Å². The van der Waals surface area contributed by atoms with Crippen LogP contribution < -0.4 is 10.6 Å². The molecule has 44 heavy (non-hydrogen) atoms. The fourth-order valence-electron chi connectivity index (χ4n) is 4.57. The molecule has 0 saturated carbocycles. The molecule has 5 aromatic rings. The van der Waals surface area contributed by atoms with E-state index in [1.807, 2.05) is 110 Å². The molecule has 2 amide bonds. The average Bonchev–Trinajstić information content (AvgIpc) is 3.44. The largest absolute Gasteiger partial charge is 0.462 e. The van der Waals surface area contributed by atoms with E-state index in [0.717, 1.165) is 27.1 Å². The van der Waals surface area contributed by atoms with Crippen molar-refractivity contribution in [2.75, 3.05) is 17.2 Å². The van der Waals surface area contributed by atoms with Crippen LogP contribution in [0.1, 0.15) is 49.6 Å². The molecule has 0 spiro atoms. The summed E-state index contributed by atoms with van der Waals surface area (Å²) >= 11 is 2.66. The molecule has 0 aliphatic heterocycles. The first-order valence-electron chi connectivity index (χ1n) is 14.2. The Kier molecular flexibility index (Phi) is 9.94. The highest BCUT2D eigenvalue weighted by Crippen LogP contribution is 2.40. The van der Waals surface area contributed by atoms with Crippen LogP contribution in [0.25, 0.3) is 11.1 Å². The lowest BCUT2D eigenvalue weighted by Crippen LogP contribution is -2.20. The van der Waals surface area contributed by atoms with E-state index in [4.69, 9.17) is 4.74 Å². The zero-order chi connectivity index (χ0) is 31.1. The van der Waals surface area contributed by atoms with E-state index in [-0.39, 0.29) is 18.4 Å². The molecular weight excluding hydrogens is 589 g/mol. The van der Waals surface area contributed by atoms with E-state index >= 15 is 0 Å². The molecule has 1 atom stereocenters. The van der Waals surface area contributed by atoms with E-state index < -0.39 is 11.2 Å². The van der Waals surface area contributed by atoms with E-state index in [1.165, 1.54) is 23.1 Å². The van der Waals surface area contributed by atoms with Gasteiger partial charge in [0.2, 0.25) is 5.91 Å². The number of anilines is 2. The number of aryl methyl sites for hydroxylation is 2. The monoisotopic (exact) mass is 620 g/mol. The van der Waals surface area contributed by atoms with Crippen molar-refractivity contribution in [3.63, 3.8) is 0 Å². The number of esters is 1. The predicted octanol–water partition coefficient (Wildman–Crippen LogP) is 8.93. The van der Waals surface area contributed by atoms with Crippen LogP contribution in [-0.2, 0) is 9.53 Å². The van der Waals surface area contributed by atoms with Gasteiger partial charge in [-0.25, -0.2) is 4.79 Å². The number of carbonyl (C=O) groups excluding carboxylic acids is 3. The van der Waals surface area contributed by atoms with E-state index in [0.29, 0.717) is 27.4 Å². The van der Waals surface area contributed by atoms with Gasteiger partial charge in [-0.15, -0.1) is 23.1 Å². The van der Waals surface area contributed by atoms with Gasteiger partial charge >= 0.3 is 5.97 Å². The molecule has 0 aliphatic carbocycles. The Balaban J connectivity index is 1.41. The van der Waals surface area contributed by atoms with Gasteiger partial charge in [-0.3, -0.25) is 9.59 Å². The summed E-state index contributed by atoms with van der Waals surface area (Å²) in [5.74, 6) is -0.975. The van der Waals surface area contributed by atoms with Crippen molar-refractivity contribution >= 4 is 51.6 Å². The summed E-state index contributed by atoms with van der Waals surface area (Å²) in [6, 6.07) is 32.2. The van der Waals surface area contributed by atoms with E-state index in [1.54, 1.807) is 19.1 Å². The normalized spacial score (nSPS) is 11.4. The molecule has 0 aliphatic rings. The van der Waals surface area contributed by atoms with Gasteiger partial charge in [0, 0.05) is 27.1 Å². The van der Waals surface area contributed by atoms with E-state index in [9.17, 15) is 14.4 Å². The Labute approximate surface area is 265 Å². The van der Waals surface area contributed by atoms with Crippen molar-refractivity contribution < 1.29 is 19.1 Å². The number of thioether (sulfide) groups is 1. The second kappa shape index (κ2) is 14.2. The number of benzene rings is 4. The van der Waals surface area contributed by atoms with E-state index in [2.05, 4.69) is 10.6 Å². The summed E-state index contributed by atoms with van der Waals surface area (Å²) in [5.41, 5.74) is 6.10. The SMILES string of the molecule is CCOC(=O)c1c(-c2ccc(C)cc2)csc1NC(=O)C(Sc1cccc(NC(=O)c2ccc(C)cc2)c1)c1ccccc1. The van der Waals surface area contributed by atoms with Gasteiger partial charge in [0.25, 0.3) is 5.91 Å². The molecule has 222 valence electrons. The van der Waals surface area contributed by atoms with Crippen molar-refractivity contribution in [1.29, 1.82) is 0 Å². The molecule has 5 rings (SSSR count). The van der Waals surface area contributed by atoms with Crippen molar-refractivity contribution in [3.05, 3.63) is 136 Å². The predicted molar refractivity (Wildman–Crippen MR) is 180 cm³/mol. The molecule has 0 radical (unpaired) electrons. The maximum absolute atomic E-state index is 14.0. The molecule has 1 heterocycles. The van der Waals surface area contributed by atoms with Gasteiger partial charge in [-0.1, -0.05) is 83.9 Å². The standard InChI is InChI=1S/C36H32N2O4S2/c1-4-42-36(41)31-30(25-17-13-23(2)14-18-25)22-43-35(31)38-34(40)32(26-9-6-5-7-10-26)44-29-12-8-11-28(21-29)37-33(39)27-19-15-24(3)16-20-27/h5-22,32H,4H2,1-3H3,(H,37,39)(H,38,40). The van der Waals surface area contributed by atoms with Crippen LogP contribution in [-0.4, -0.2) is 24.4 Å². The number of amides is 2. The average molecular weight is 621 g/mol. The minimum absolute atomic E-state index is 0.210. The Morgan fingerprint density at radius 1 is 0.818 bits per heavy atom. The van der Waals surface area contributed by atoms with Gasteiger partial charge in [-0.05, 0) is 62.2 Å². The molecule has 1 aromatic heterocycles. The number of hydrogen-bond donors (Lipinski definition) is 2. The minimum atomic E-state index is -0.640. The summed E-state index contributed by atoms with van der Waals surface area (Å²) in [6.45, 7) is 5.95. The smallest absolute Gasteiger partial charge is 0.341 e. The number of rotatable bonds is 10. The van der Waals surface area contributed by atoms with Crippen molar-refractivity contribution in [2.24, 2.45) is 0 Å². The highest BCUT2D eigenvalue weighted by molar-refractivity contribution is 8.00. The molecular formula is C36H32N2O4S2. The van der Waals surface area contributed by atoms with Crippen molar-refractivity contribution in [3.8, 4) is 11.1 Å². The molecule has 2 N–H and O–H groups in total. The number of nitrogens with one attached hydrogen (secondary N) is 2. The van der Waals surface area contributed by atoms with Gasteiger partial charge in [-0.2, -0.15) is 0 Å². The fraction of sp³-hybridized carbons (Fsp3) is 0.139. The summed E-state index contributed by atoms with van der Waals surface area (Å²) in [4.78, 5) is 40.7. The Morgan fingerprint density at radius 3 is 2.18 bits per heavy atom. The van der Waals surface area contributed by atoms with Crippen LogP contribution in [0.3, 0.4) is 0 Å². The van der Waals surface area contributed by atoms with Crippen LogP contribution in [0.15, 0.2) is 113 Å². The zero-order valence-corrected chi connectivity index (χ0v) is 26.3. The lowest BCUT2D eigenvalue weighted by Gasteiger charge is -2.18. The molecule has 4 aromatic carbocycles. The topological polar surface area (TPSA) is 84.5 Å². The summed E-state index contributed by atoms with van der Waals surface area (Å²) in [7, 11) is 0. The number of thiophene rings is 1. The lowest BCUT2D eigenvalue weighted by atomic mass is 10.0. The van der Waals surface area contributed by atoms with Crippen molar-refractivity contribution in [2.45, 2.75) is 30.9 Å². The summed E-state index contributed by atoms with van der Waals surface area (Å²) < 4.78 is 5.39. The molecule has 8 heteroatoms. The first-order chi connectivity index (χ1) is 21.3. The van der Waals surface area contributed by atoms with Crippen LogP contribution in [0.4, 0.5) is 10.7 Å². The highest BCUT2D eigenvalue weighted by Gasteiger charge is 2.27. The quantitative estimate of drug-likeness (QED) is 0.120. The summed E-state index contributed by atoms with van der Waals surface area (Å²) in [6.07, 6.45) is 0. The van der Waals surface area contributed by atoms with Crippen LogP contribution in [0.5, 0.6) is 0 Å². The number of hydrogen-bond acceptors (Lipinski definition) is 6. The van der Waals surface area contributed by atoms with Crippen molar-refractivity contribution in [1.82, 2.24) is 0 Å². The third-order valence-electron chi connectivity index (χ3n) is 6.87. The van der Waals surface area contributed by atoms with Gasteiger partial charge in [0.05, 0.1) is 6.61 Å². The second-order valence-corrected chi connectivity index (χ2v) is 12.2. The second-order valence-electron chi connectivity index (χ2n) is 10.2. The lowest BCUT2D eigenvalue weighted by molar-refractivity contribution is -0.115. The molecule has 6 nitrogen and oxygen atoms in total. The third kappa shape index (κ3) is 7.45. The maximum atomic E-state index is 14.0. The Hall–Kier alpha value is -4.66. The Morgan fingerprint density at radius 2 is 1.50 bits per heavy atom. The van der Waals surface area contributed by atoms with Crippen LogP contribution in [0, 0.1) is 13.8 Å². The molecule has 0 fully saturated rings. The maximum Gasteiger partial charge on any atom is 0.341 e. The Bertz CT molecular complexity index is 1760. The van der Waals surface area contributed by atoms with Crippen LogP contribution >= 0.6 is 23.1 Å². The number of carbonyl (C=O) groups is 3. The molecule has 0 bridgehead atoms. The van der Waals surface area contributed by atoms with Crippen LogP contribution in [0.2, 0.25) is 0 Å². The molecule has 0 saturated heterocycles. The first-order valence-corrected chi connectivity index (χ1v) is 15.9. The zero-order valence-electron chi connectivity index (χ0n) is 24.6. The first kappa shape index (κ1) is 30.8. The third-order valence-corrected chi connectivity index (χ3v) is 9.01. The summed E-state index contributed by atoms with van der Waals surface area (Å²) in [5, 5.41) is 7.65. The van der Waals surface area contributed by atoms with Gasteiger partial charge < -0.3 is 15.4 Å². The minimum Gasteiger partial charge on any atom is -0.462 e. The molecule has 1 unspecified atom stereocenters. The van der Waals surface area contributed by atoms with Gasteiger partial charge in [0.15, 0.2) is 0 Å². The number of ether oxygens (including phenoxy) is 1.